The van der Waals surface area contributed by atoms with Crippen LogP contribution in [0.5, 0.6) is 0 Å². The van der Waals surface area contributed by atoms with Gasteiger partial charge in [-0.25, -0.2) is 0 Å². The molecule has 0 radical (unpaired) electrons. The summed E-state index contributed by atoms with van der Waals surface area (Å²) < 4.78 is 0. The molecule has 0 aliphatic rings. The molecule has 0 bridgehead atoms. The van der Waals surface area contributed by atoms with E-state index < -0.39 is 0 Å². The highest BCUT2D eigenvalue weighted by atomic mass is 16.1. The Morgan fingerprint density at radius 3 is 2.71 bits per heavy atom. The van der Waals surface area contributed by atoms with Crippen LogP contribution in [0.4, 0.5) is 5.82 Å². The number of anilines is 1. The van der Waals surface area contributed by atoms with Crippen molar-refractivity contribution in [1.82, 2.24) is 15.5 Å². The molecule has 1 heterocycles. The molecule has 1 aromatic rings. The van der Waals surface area contributed by atoms with E-state index in [2.05, 4.69) is 27.8 Å². The number of hydrogen-bond donors (Lipinski definition) is 2. The number of nitrogens with zero attached hydrogens (tertiary/aromatic N) is 2. The highest BCUT2D eigenvalue weighted by Crippen LogP contribution is 2.01. The van der Waals surface area contributed by atoms with E-state index in [-0.39, 0.29) is 5.91 Å². The van der Waals surface area contributed by atoms with Crippen LogP contribution < -0.4 is 10.6 Å². The van der Waals surface area contributed by atoms with E-state index in [0.717, 1.165) is 13.0 Å². The summed E-state index contributed by atoms with van der Waals surface area (Å²) in [5.74, 6) is 0.471. The summed E-state index contributed by atoms with van der Waals surface area (Å²) in [5, 5.41) is 13.2. The predicted molar refractivity (Wildman–Crippen MR) is 54.2 cm³/mol. The van der Waals surface area contributed by atoms with Gasteiger partial charge in [-0.3, -0.25) is 4.79 Å². The third-order valence-electron chi connectivity index (χ3n) is 1.68. The Morgan fingerprint density at radius 2 is 2.21 bits per heavy atom. The Balaban J connectivity index is 2.63. The van der Waals surface area contributed by atoms with Crippen molar-refractivity contribution >= 4 is 11.7 Å². The van der Waals surface area contributed by atoms with E-state index >= 15 is 0 Å². The Hall–Kier alpha value is -1.65. The molecular formula is C9H14N4O. The normalized spacial score (nSPS) is 9.57. The van der Waals surface area contributed by atoms with Gasteiger partial charge in [-0.05, 0) is 18.6 Å². The summed E-state index contributed by atoms with van der Waals surface area (Å²) >= 11 is 0. The number of hydrogen-bond acceptors (Lipinski definition) is 4. The number of carbonyl (C=O) groups is 1. The van der Waals surface area contributed by atoms with Crippen LogP contribution in [-0.4, -0.2) is 29.7 Å². The van der Waals surface area contributed by atoms with E-state index in [1.165, 1.54) is 0 Å². The second-order valence-electron chi connectivity index (χ2n) is 2.81. The largest absolute Gasteiger partial charge is 0.369 e. The van der Waals surface area contributed by atoms with Gasteiger partial charge in [0.2, 0.25) is 0 Å². The van der Waals surface area contributed by atoms with E-state index in [1.807, 2.05) is 0 Å². The van der Waals surface area contributed by atoms with Gasteiger partial charge in [0, 0.05) is 13.6 Å². The smallest absolute Gasteiger partial charge is 0.271 e. The second kappa shape index (κ2) is 5.16. The first-order valence-electron chi connectivity index (χ1n) is 4.57. The summed E-state index contributed by atoms with van der Waals surface area (Å²) in [7, 11) is 1.56. The van der Waals surface area contributed by atoms with Gasteiger partial charge in [0.1, 0.15) is 5.82 Å². The Labute approximate surface area is 82.9 Å². The first-order valence-corrected chi connectivity index (χ1v) is 4.57. The molecule has 0 aromatic carbocycles. The molecule has 0 saturated heterocycles. The lowest BCUT2D eigenvalue weighted by Gasteiger charge is -2.02. The number of carbonyl (C=O) groups excluding carboxylic acids is 1. The van der Waals surface area contributed by atoms with E-state index in [0.29, 0.717) is 11.5 Å². The van der Waals surface area contributed by atoms with Crippen molar-refractivity contribution in [2.75, 3.05) is 18.9 Å². The molecule has 0 aliphatic carbocycles. The first-order chi connectivity index (χ1) is 6.77. The lowest BCUT2D eigenvalue weighted by Crippen LogP contribution is -2.19. The lowest BCUT2D eigenvalue weighted by atomic mass is 10.3. The average Bonchev–Trinajstić information content (AvgIpc) is 2.26. The minimum absolute atomic E-state index is 0.223. The topological polar surface area (TPSA) is 66.9 Å². The molecule has 0 spiro atoms. The molecule has 1 amide bonds. The maximum atomic E-state index is 11.1. The summed E-state index contributed by atoms with van der Waals surface area (Å²) in [6.45, 7) is 2.92. The third kappa shape index (κ3) is 2.69. The van der Waals surface area contributed by atoms with Crippen molar-refractivity contribution in [1.29, 1.82) is 0 Å². The molecule has 0 saturated carbocycles. The zero-order valence-corrected chi connectivity index (χ0v) is 8.37. The highest BCUT2D eigenvalue weighted by molar-refractivity contribution is 5.91. The van der Waals surface area contributed by atoms with Gasteiger partial charge < -0.3 is 10.6 Å². The molecule has 5 heteroatoms. The SMILES string of the molecule is CCCNc1ccc(C(=O)NC)nn1. The fraction of sp³-hybridized carbons (Fsp3) is 0.444. The summed E-state index contributed by atoms with van der Waals surface area (Å²) in [4.78, 5) is 11.1. The molecular weight excluding hydrogens is 180 g/mol. The molecule has 14 heavy (non-hydrogen) atoms. The van der Waals surface area contributed by atoms with Crippen molar-refractivity contribution < 1.29 is 4.79 Å². The number of aromatic nitrogens is 2. The van der Waals surface area contributed by atoms with Crippen LogP contribution in [0.15, 0.2) is 12.1 Å². The molecule has 0 aliphatic heterocycles. The lowest BCUT2D eigenvalue weighted by molar-refractivity contribution is 0.0957. The van der Waals surface area contributed by atoms with Crippen LogP contribution in [0.1, 0.15) is 23.8 Å². The second-order valence-corrected chi connectivity index (χ2v) is 2.81. The number of nitrogens with one attached hydrogen (secondary N) is 2. The Kier molecular flexibility index (Phi) is 3.84. The van der Waals surface area contributed by atoms with Gasteiger partial charge >= 0.3 is 0 Å². The zero-order chi connectivity index (χ0) is 10.4. The van der Waals surface area contributed by atoms with Crippen molar-refractivity contribution in [3.05, 3.63) is 17.8 Å². The Morgan fingerprint density at radius 1 is 1.43 bits per heavy atom. The van der Waals surface area contributed by atoms with Gasteiger partial charge in [-0.15, -0.1) is 10.2 Å². The minimum atomic E-state index is -0.223. The minimum Gasteiger partial charge on any atom is -0.369 e. The fourth-order valence-corrected chi connectivity index (χ4v) is 0.929. The van der Waals surface area contributed by atoms with Crippen molar-refractivity contribution in [3.63, 3.8) is 0 Å². The monoisotopic (exact) mass is 194 g/mol. The van der Waals surface area contributed by atoms with Gasteiger partial charge in [-0.2, -0.15) is 0 Å². The maximum absolute atomic E-state index is 11.1. The van der Waals surface area contributed by atoms with Crippen LogP contribution in [0.3, 0.4) is 0 Å². The molecule has 5 nitrogen and oxygen atoms in total. The molecule has 76 valence electrons. The Bertz CT molecular complexity index is 296. The van der Waals surface area contributed by atoms with Crippen molar-refractivity contribution in [2.24, 2.45) is 0 Å². The summed E-state index contributed by atoms with van der Waals surface area (Å²) in [6.07, 6.45) is 1.03. The zero-order valence-electron chi connectivity index (χ0n) is 8.37. The maximum Gasteiger partial charge on any atom is 0.271 e. The van der Waals surface area contributed by atoms with Gasteiger partial charge in [-0.1, -0.05) is 6.92 Å². The van der Waals surface area contributed by atoms with Crippen LogP contribution in [0.25, 0.3) is 0 Å². The van der Waals surface area contributed by atoms with Crippen molar-refractivity contribution in [2.45, 2.75) is 13.3 Å². The first kappa shape index (κ1) is 10.4. The number of rotatable bonds is 4. The molecule has 0 unspecified atom stereocenters. The van der Waals surface area contributed by atoms with E-state index in [4.69, 9.17) is 0 Å². The van der Waals surface area contributed by atoms with Crippen LogP contribution in [0.2, 0.25) is 0 Å². The quantitative estimate of drug-likeness (QED) is 0.738. The standard InChI is InChI=1S/C9H14N4O/c1-3-6-11-8-5-4-7(12-13-8)9(14)10-2/h4-5H,3,6H2,1-2H3,(H,10,14)(H,11,13). The third-order valence-corrected chi connectivity index (χ3v) is 1.68. The van der Waals surface area contributed by atoms with Gasteiger partial charge in [0.05, 0.1) is 0 Å². The molecule has 0 atom stereocenters. The molecule has 2 N–H and O–H groups in total. The average molecular weight is 194 g/mol. The summed E-state index contributed by atoms with van der Waals surface area (Å²) in [6, 6.07) is 3.39. The molecule has 0 fully saturated rings. The molecule has 1 rings (SSSR count). The van der Waals surface area contributed by atoms with Crippen LogP contribution >= 0.6 is 0 Å². The van der Waals surface area contributed by atoms with E-state index in [9.17, 15) is 4.79 Å². The van der Waals surface area contributed by atoms with Crippen LogP contribution in [0, 0.1) is 0 Å². The summed E-state index contributed by atoms with van der Waals surface area (Å²) in [5.41, 5.74) is 0.328. The predicted octanol–water partition coefficient (Wildman–Crippen LogP) is 0.658. The van der Waals surface area contributed by atoms with Gasteiger partial charge in [0.15, 0.2) is 5.69 Å². The number of amides is 1. The molecule has 1 aromatic heterocycles. The van der Waals surface area contributed by atoms with Gasteiger partial charge in [0.25, 0.3) is 5.91 Å². The highest BCUT2D eigenvalue weighted by Gasteiger charge is 2.04. The van der Waals surface area contributed by atoms with Crippen molar-refractivity contribution in [3.8, 4) is 0 Å². The van der Waals surface area contributed by atoms with E-state index in [1.54, 1.807) is 19.2 Å². The fourth-order valence-electron chi connectivity index (χ4n) is 0.929. The van der Waals surface area contributed by atoms with Crippen LogP contribution in [-0.2, 0) is 0 Å².